The van der Waals surface area contributed by atoms with E-state index in [0.717, 1.165) is 36.3 Å². The van der Waals surface area contributed by atoms with Crippen molar-refractivity contribution in [1.29, 1.82) is 0 Å². The molecule has 4 heteroatoms. The molecule has 0 spiro atoms. The molecule has 2 aromatic rings. The number of ether oxygens (including phenoxy) is 3. The normalized spacial score (nSPS) is 10.5. The summed E-state index contributed by atoms with van der Waals surface area (Å²) in [4.78, 5) is 12.8. The van der Waals surface area contributed by atoms with E-state index in [2.05, 4.69) is 20.8 Å². The third-order valence-corrected chi connectivity index (χ3v) is 4.24. The molecule has 0 saturated carbocycles. The Kier molecular flexibility index (Phi) is 9.40. The zero-order valence-corrected chi connectivity index (χ0v) is 17.3. The van der Waals surface area contributed by atoms with Gasteiger partial charge in [-0.05, 0) is 61.6 Å². The Morgan fingerprint density at radius 1 is 0.786 bits per heavy atom. The average Bonchev–Trinajstić information content (AvgIpc) is 2.73. The van der Waals surface area contributed by atoms with Gasteiger partial charge in [-0.1, -0.05) is 32.9 Å². The molecule has 0 saturated heterocycles. The van der Waals surface area contributed by atoms with E-state index in [-0.39, 0.29) is 5.78 Å². The molecule has 0 aliphatic rings. The quantitative estimate of drug-likeness (QED) is 0.405. The summed E-state index contributed by atoms with van der Waals surface area (Å²) < 4.78 is 17.4. The van der Waals surface area contributed by atoms with Crippen molar-refractivity contribution < 1.29 is 19.0 Å². The lowest BCUT2D eigenvalue weighted by Gasteiger charge is -2.14. The van der Waals surface area contributed by atoms with Crippen LogP contribution in [0, 0.1) is 0 Å². The van der Waals surface area contributed by atoms with Gasteiger partial charge >= 0.3 is 0 Å². The molecular formula is C24H32O4. The van der Waals surface area contributed by atoms with Crippen LogP contribution in [0.25, 0.3) is 0 Å². The molecule has 28 heavy (non-hydrogen) atoms. The van der Waals surface area contributed by atoms with Crippen molar-refractivity contribution in [3.05, 3.63) is 53.6 Å². The van der Waals surface area contributed by atoms with Gasteiger partial charge in [0.15, 0.2) is 5.78 Å². The summed E-state index contributed by atoms with van der Waals surface area (Å²) in [7, 11) is 0. The summed E-state index contributed by atoms with van der Waals surface area (Å²) >= 11 is 0. The van der Waals surface area contributed by atoms with Crippen LogP contribution in [0.15, 0.2) is 42.5 Å². The Morgan fingerprint density at radius 3 is 2.14 bits per heavy atom. The predicted octanol–water partition coefficient (Wildman–Crippen LogP) is 5.87. The first-order valence-corrected chi connectivity index (χ1v) is 10.3. The summed E-state index contributed by atoms with van der Waals surface area (Å²) in [6.45, 7) is 8.15. The molecule has 0 aliphatic heterocycles. The van der Waals surface area contributed by atoms with Gasteiger partial charge in [0, 0.05) is 6.42 Å². The van der Waals surface area contributed by atoms with E-state index >= 15 is 0 Å². The highest BCUT2D eigenvalue weighted by atomic mass is 16.5. The van der Waals surface area contributed by atoms with Crippen LogP contribution < -0.4 is 14.2 Å². The first kappa shape index (κ1) is 21.8. The van der Waals surface area contributed by atoms with Crippen molar-refractivity contribution in [2.45, 2.75) is 52.9 Å². The van der Waals surface area contributed by atoms with Crippen LogP contribution in [0.4, 0.5) is 0 Å². The topological polar surface area (TPSA) is 44.8 Å². The highest BCUT2D eigenvalue weighted by Gasteiger charge is 2.14. The molecule has 0 unspecified atom stereocenters. The summed E-state index contributed by atoms with van der Waals surface area (Å²) in [6.07, 6.45) is 3.80. The molecule has 2 rings (SSSR count). The highest BCUT2D eigenvalue weighted by molar-refractivity contribution is 5.98. The molecule has 4 nitrogen and oxygen atoms in total. The SMILES string of the molecule is CCCOc1ccc(OCCC)c(CCC(=O)c2ccccc2OCCC)c1. The number of hydrogen-bond donors (Lipinski definition) is 0. The lowest BCUT2D eigenvalue weighted by molar-refractivity contribution is 0.0978. The number of rotatable bonds is 13. The minimum Gasteiger partial charge on any atom is -0.494 e. The minimum absolute atomic E-state index is 0.0769. The van der Waals surface area contributed by atoms with Gasteiger partial charge in [-0.3, -0.25) is 4.79 Å². The number of Topliss-reactive ketones (excluding diaryl/α,β-unsaturated/α-hetero) is 1. The van der Waals surface area contributed by atoms with Gasteiger partial charge in [0.05, 0.1) is 25.4 Å². The molecule has 0 N–H and O–H groups in total. The number of para-hydroxylation sites is 1. The lowest BCUT2D eigenvalue weighted by atomic mass is 10.0. The summed E-state index contributed by atoms with van der Waals surface area (Å²) in [5.74, 6) is 2.39. The number of ketones is 1. The second-order valence-electron chi connectivity index (χ2n) is 6.73. The standard InChI is InChI=1S/C24H32O4/c1-4-15-26-20-12-14-23(27-16-5-2)19(18-20)11-13-22(25)21-9-7-8-10-24(21)28-17-6-3/h7-10,12,14,18H,4-6,11,13,15-17H2,1-3H3. The number of carbonyl (C=O) groups excluding carboxylic acids is 1. The maximum Gasteiger partial charge on any atom is 0.166 e. The van der Waals surface area contributed by atoms with Crippen molar-refractivity contribution in [2.24, 2.45) is 0 Å². The third kappa shape index (κ3) is 6.59. The van der Waals surface area contributed by atoms with Crippen molar-refractivity contribution >= 4 is 5.78 Å². The van der Waals surface area contributed by atoms with E-state index < -0.39 is 0 Å². The van der Waals surface area contributed by atoms with Crippen LogP contribution >= 0.6 is 0 Å². The molecule has 0 aliphatic carbocycles. The van der Waals surface area contributed by atoms with Crippen LogP contribution in [0.2, 0.25) is 0 Å². The molecule has 2 aromatic carbocycles. The Hall–Kier alpha value is -2.49. The average molecular weight is 385 g/mol. The van der Waals surface area contributed by atoms with Gasteiger partial charge in [-0.15, -0.1) is 0 Å². The molecule has 0 bridgehead atoms. The van der Waals surface area contributed by atoms with Crippen LogP contribution in [0.5, 0.6) is 17.2 Å². The van der Waals surface area contributed by atoms with Gasteiger partial charge < -0.3 is 14.2 Å². The molecule has 0 heterocycles. The van der Waals surface area contributed by atoms with Crippen LogP contribution in [0.3, 0.4) is 0 Å². The van der Waals surface area contributed by atoms with E-state index in [0.29, 0.717) is 44.0 Å². The molecule has 0 amide bonds. The minimum atomic E-state index is 0.0769. The van der Waals surface area contributed by atoms with Gasteiger partial charge in [0.2, 0.25) is 0 Å². The zero-order chi connectivity index (χ0) is 20.2. The molecule has 0 radical (unpaired) electrons. The number of hydrogen-bond acceptors (Lipinski definition) is 4. The van der Waals surface area contributed by atoms with E-state index in [1.807, 2.05) is 42.5 Å². The smallest absolute Gasteiger partial charge is 0.166 e. The van der Waals surface area contributed by atoms with Crippen molar-refractivity contribution in [3.63, 3.8) is 0 Å². The van der Waals surface area contributed by atoms with Gasteiger partial charge in [0.25, 0.3) is 0 Å². The first-order valence-electron chi connectivity index (χ1n) is 10.3. The maximum atomic E-state index is 12.8. The lowest BCUT2D eigenvalue weighted by Crippen LogP contribution is -2.07. The number of benzene rings is 2. The van der Waals surface area contributed by atoms with Crippen LogP contribution in [-0.4, -0.2) is 25.6 Å². The van der Waals surface area contributed by atoms with E-state index in [1.165, 1.54) is 0 Å². The van der Waals surface area contributed by atoms with E-state index in [9.17, 15) is 4.79 Å². The zero-order valence-electron chi connectivity index (χ0n) is 17.3. The highest BCUT2D eigenvalue weighted by Crippen LogP contribution is 2.27. The summed E-state index contributed by atoms with van der Waals surface area (Å²) in [5, 5.41) is 0. The first-order chi connectivity index (χ1) is 13.7. The van der Waals surface area contributed by atoms with E-state index in [1.54, 1.807) is 0 Å². The second-order valence-corrected chi connectivity index (χ2v) is 6.73. The van der Waals surface area contributed by atoms with Gasteiger partial charge in [-0.25, -0.2) is 0 Å². The third-order valence-electron chi connectivity index (χ3n) is 4.24. The molecular weight excluding hydrogens is 352 g/mol. The van der Waals surface area contributed by atoms with Gasteiger partial charge in [0.1, 0.15) is 17.2 Å². The predicted molar refractivity (Wildman–Crippen MR) is 113 cm³/mol. The largest absolute Gasteiger partial charge is 0.494 e. The Labute approximate surface area is 168 Å². The maximum absolute atomic E-state index is 12.8. The fourth-order valence-corrected chi connectivity index (χ4v) is 2.83. The second kappa shape index (κ2) is 12.1. The van der Waals surface area contributed by atoms with Crippen molar-refractivity contribution in [3.8, 4) is 17.2 Å². The number of aryl methyl sites for hydroxylation is 1. The summed E-state index contributed by atoms with van der Waals surface area (Å²) in [6, 6.07) is 13.3. The Bertz CT molecular complexity index is 739. The Balaban J connectivity index is 2.12. The fraction of sp³-hybridized carbons (Fsp3) is 0.458. The fourth-order valence-electron chi connectivity index (χ4n) is 2.83. The van der Waals surface area contributed by atoms with Crippen LogP contribution in [0.1, 0.15) is 62.4 Å². The number of carbonyl (C=O) groups is 1. The molecule has 152 valence electrons. The van der Waals surface area contributed by atoms with Crippen molar-refractivity contribution in [1.82, 2.24) is 0 Å². The molecule has 0 aromatic heterocycles. The van der Waals surface area contributed by atoms with E-state index in [4.69, 9.17) is 14.2 Å². The molecule has 0 fully saturated rings. The van der Waals surface area contributed by atoms with Gasteiger partial charge in [-0.2, -0.15) is 0 Å². The van der Waals surface area contributed by atoms with Crippen molar-refractivity contribution in [2.75, 3.05) is 19.8 Å². The Morgan fingerprint density at radius 2 is 1.43 bits per heavy atom. The monoisotopic (exact) mass is 384 g/mol. The van der Waals surface area contributed by atoms with Crippen LogP contribution in [-0.2, 0) is 6.42 Å². The molecule has 0 atom stereocenters. The summed E-state index contributed by atoms with van der Waals surface area (Å²) in [5.41, 5.74) is 1.65.